The van der Waals surface area contributed by atoms with Crippen LogP contribution in [0.4, 0.5) is 0 Å². The normalized spacial score (nSPS) is 22.8. The Morgan fingerprint density at radius 3 is 2.80 bits per heavy atom. The minimum atomic E-state index is 0.143. The molecule has 1 aliphatic carbocycles. The van der Waals surface area contributed by atoms with E-state index in [2.05, 4.69) is 16.8 Å². The fourth-order valence-electron chi connectivity index (χ4n) is 4.68. The maximum atomic E-state index is 12.8. The molecule has 2 aromatic heterocycles. The van der Waals surface area contributed by atoms with E-state index in [1.165, 1.54) is 56.4 Å². The van der Waals surface area contributed by atoms with Crippen molar-refractivity contribution in [3.05, 3.63) is 27.6 Å². The zero-order chi connectivity index (χ0) is 17.2. The molecular formula is C20H29N3OS. The third-order valence-corrected chi connectivity index (χ3v) is 7.27. The topological polar surface area (TPSA) is 38.1 Å². The highest BCUT2D eigenvalue weighted by Crippen LogP contribution is 2.30. The van der Waals surface area contributed by atoms with Gasteiger partial charge < -0.3 is 0 Å². The standard InChI is InChI=1S/C20H29N3OS/c1-2-17-13-18-19(25-17)21-14-22(20(18)24)12-10-16-9-5-6-11-23(16)15-7-3-4-8-15/h13-16H,2-12H2,1H3. The number of thiophene rings is 1. The summed E-state index contributed by atoms with van der Waals surface area (Å²) >= 11 is 1.65. The highest BCUT2D eigenvalue weighted by molar-refractivity contribution is 7.18. The zero-order valence-corrected chi connectivity index (χ0v) is 16.1. The van der Waals surface area contributed by atoms with Crippen molar-refractivity contribution < 1.29 is 0 Å². The van der Waals surface area contributed by atoms with Gasteiger partial charge in [0.1, 0.15) is 4.83 Å². The van der Waals surface area contributed by atoms with Gasteiger partial charge in [-0.3, -0.25) is 14.3 Å². The first-order chi connectivity index (χ1) is 12.3. The molecule has 1 unspecified atom stereocenters. The monoisotopic (exact) mass is 359 g/mol. The van der Waals surface area contributed by atoms with E-state index in [1.807, 2.05) is 10.6 Å². The zero-order valence-electron chi connectivity index (χ0n) is 15.2. The predicted molar refractivity (Wildman–Crippen MR) is 104 cm³/mol. The van der Waals surface area contributed by atoms with Crippen LogP contribution in [0.5, 0.6) is 0 Å². The van der Waals surface area contributed by atoms with Crippen molar-refractivity contribution in [2.75, 3.05) is 6.54 Å². The van der Waals surface area contributed by atoms with E-state index in [1.54, 1.807) is 17.7 Å². The maximum Gasteiger partial charge on any atom is 0.262 e. The van der Waals surface area contributed by atoms with Crippen LogP contribution in [-0.2, 0) is 13.0 Å². The molecule has 1 atom stereocenters. The van der Waals surface area contributed by atoms with E-state index in [4.69, 9.17) is 0 Å². The molecule has 4 nitrogen and oxygen atoms in total. The Bertz CT molecular complexity index is 775. The number of rotatable bonds is 5. The molecule has 2 fully saturated rings. The molecule has 0 bridgehead atoms. The van der Waals surface area contributed by atoms with Gasteiger partial charge >= 0.3 is 0 Å². The molecule has 1 saturated carbocycles. The van der Waals surface area contributed by atoms with Crippen LogP contribution in [-0.4, -0.2) is 33.1 Å². The van der Waals surface area contributed by atoms with E-state index in [0.717, 1.165) is 35.6 Å². The van der Waals surface area contributed by atoms with Gasteiger partial charge in [0.2, 0.25) is 0 Å². The first-order valence-electron chi connectivity index (χ1n) is 10.00. The maximum absolute atomic E-state index is 12.8. The summed E-state index contributed by atoms with van der Waals surface area (Å²) in [5.74, 6) is 0. The highest BCUT2D eigenvalue weighted by Gasteiger charge is 2.30. The van der Waals surface area contributed by atoms with E-state index in [0.29, 0.717) is 6.04 Å². The summed E-state index contributed by atoms with van der Waals surface area (Å²) in [6.07, 6.45) is 13.3. The quantitative estimate of drug-likeness (QED) is 0.803. The molecule has 4 rings (SSSR count). The number of aromatic nitrogens is 2. The van der Waals surface area contributed by atoms with Crippen LogP contribution < -0.4 is 5.56 Å². The van der Waals surface area contributed by atoms with E-state index in [-0.39, 0.29) is 5.56 Å². The average Bonchev–Trinajstić information content (AvgIpc) is 3.31. The first-order valence-corrected chi connectivity index (χ1v) is 10.8. The minimum absolute atomic E-state index is 0.143. The Morgan fingerprint density at radius 2 is 2.00 bits per heavy atom. The van der Waals surface area contributed by atoms with Gasteiger partial charge in [0.15, 0.2) is 0 Å². The van der Waals surface area contributed by atoms with Crippen LogP contribution in [0.15, 0.2) is 17.2 Å². The van der Waals surface area contributed by atoms with Crippen molar-refractivity contribution in [3.8, 4) is 0 Å². The molecule has 5 heteroatoms. The predicted octanol–water partition coefficient (Wildman–Crippen LogP) is 4.21. The Kier molecular flexibility index (Phi) is 5.23. The number of likely N-dealkylation sites (tertiary alicyclic amines) is 1. The molecule has 0 radical (unpaired) electrons. The van der Waals surface area contributed by atoms with Crippen LogP contribution in [0.1, 0.15) is 63.2 Å². The summed E-state index contributed by atoms with van der Waals surface area (Å²) in [4.78, 5) is 22.2. The van der Waals surface area contributed by atoms with Gasteiger partial charge in [0.25, 0.3) is 5.56 Å². The van der Waals surface area contributed by atoms with Crippen LogP contribution in [0, 0.1) is 0 Å². The average molecular weight is 360 g/mol. The SMILES string of the molecule is CCc1cc2c(=O)n(CCC3CCCCN3C3CCCC3)cnc2s1. The van der Waals surface area contributed by atoms with Crippen molar-refractivity contribution in [3.63, 3.8) is 0 Å². The third-order valence-electron chi connectivity index (χ3n) is 6.09. The largest absolute Gasteiger partial charge is 0.299 e. The molecule has 1 saturated heterocycles. The van der Waals surface area contributed by atoms with Gasteiger partial charge in [-0.2, -0.15) is 0 Å². The molecule has 3 heterocycles. The molecule has 0 aromatic carbocycles. The summed E-state index contributed by atoms with van der Waals surface area (Å²) in [6.45, 7) is 4.18. The molecule has 2 aromatic rings. The van der Waals surface area contributed by atoms with Crippen molar-refractivity contribution in [2.45, 2.75) is 83.3 Å². The summed E-state index contributed by atoms with van der Waals surface area (Å²) in [5, 5.41) is 0.806. The van der Waals surface area contributed by atoms with Crippen LogP contribution in [0.3, 0.4) is 0 Å². The van der Waals surface area contributed by atoms with Crippen molar-refractivity contribution in [2.24, 2.45) is 0 Å². The Balaban J connectivity index is 1.48. The molecular weight excluding hydrogens is 330 g/mol. The highest BCUT2D eigenvalue weighted by atomic mass is 32.1. The van der Waals surface area contributed by atoms with Gasteiger partial charge in [-0.25, -0.2) is 4.98 Å². The second-order valence-corrected chi connectivity index (χ2v) is 8.76. The van der Waals surface area contributed by atoms with Gasteiger partial charge in [0.05, 0.1) is 11.7 Å². The fraction of sp³-hybridized carbons (Fsp3) is 0.700. The first kappa shape index (κ1) is 17.2. The number of hydrogen-bond donors (Lipinski definition) is 0. The van der Waals surface area contributed by atoms with Gasteiger partial charge in [-0.05, 0) is 51.1 Å². The molecule has 2 aliphatic rings. The Morgan fingerprint density at radius 1 is 1.20 bits per heavy atom. The molecule has 0 amide bonds. The van der Waals surface area contributed by atoms with Crippen LogP contribution in [0.2, 0.25) is 0 Å². The summed E-state index contributed by atoms with van der Waals surface area (Å²) in [5.41, 5.74) is 0.143. The smallest absolute Gasteiger partial charge is 0.262 e. The third kappa shape index (κ3) is 3.54. The lowest BCUT2D eigenvalue weighted by atomic mass is 9.96. The summed E-state index contributed by atoms with van der Waals surface area (Å²) in [7, 11) is 0. The van der Waals surface area contributed by atoms with Gasteiger partial charge in [0, 0.05) is 23.5 Å². The minimum Gasteiger partial charge on any atom is -0.299 e. The van der Waals surface area contributed by atoms with Crippen LogP contribution in [0.25, 0.3) is 10.2 Å². The van der Waals surface area contributed by atoms with E-state index < -0.39 is 0 Å². The lowest BCUT2D eigenvalue weighted by molar-refractivity contribution is 0.0880. The van der Waals surface area contributed by atoms with Crippen molar-refractivity contribution >= 4 is 21.6 Å². The fourth-order valence-corrected chi connectivity index (χ4v) is 5.61. The molecule has 0 N–H and O–H groups in total. The second kappa shape index (κ2) is 7.58. The van der Waals surface area contributed by atoms with Crippen molar-refractivity contribution in [1.82, 2.24) is 14.5 Å². The second-order valence-electron chi connectivity index (χ2n) is 7.64. The summed E-state index contributed by atoms with van der Waals surface area (Å²) < 4.78 is 1.84. The van der Waals surface area contributed by atoms with Crippen LogP contribution >= 0.6 is 11.3 Å². The molecule has 1 aliphatic heterocycles. The van der Waals surface area contributed by atoms with E-state index >= 15 is 0 Å². The lowest BCUT2D eigenvalue weighted by Gasteiger charge is -2.40. The summed E-state index contributed by atoms with van der Waals surface area (Å²) in [6, 6.07) is 3.48. The van der Waals surface area contributed by atoms with Gasteiger partial charge in [-0.1, -0.05) is 26.2 Å². The van der Waals surface area contributed by atoms with Crippen molar-refractivity contribution in [1.29, 1.82) is 0 Å². The molecule has 25 heavy (non-hydrogen) atoms. The lowest BCUT2D eigenvalue weighted by Crippen LogP contribution is -2.45. The van der Waals surface area contributed by atoms with Gasteiger partial charge in [-0.15, -0.1) is 11.3 Å². The number of piperidine rings is 1. The Labute approximate surface area is 153 Å². The number of fused-ring (bicyclic) bond motifs is 1. The Hall–Kier alpha value is -1.20. The number of nitrogens with zero attached hydrogens (tertiary/aromatic N) is 3. The number of hydrogen-bond acceptors (Lipinski definition) is 4. The number of aryl methyl sites for hydroxylation is 2. The molecule has 136 valence electrons. The molecule has 0 spiro atoms. The van der Waals surface area contributed by atoms with E-state index in [9.17, 15) is 4.79 Å².